The molecule has 1 amide bonds. The van der Waals surface area contributed by atoms with Crippen LogP contribution < -0.4 is 0 Å². The Morgan fingerprint density at radius 1 is 1.15 bits per heavy atom. The van der Waals surface area contributed by atoms with Gasteiger partial charge in [0.25, 0.3) is 5.91 Å². The first-order chi connectivity index (χ1) is 15.7. The Kier molecular flexibility index (Phi) is 5.95. The average molecular weight is 446 g/mol. The topological polar surface area (TPSA) is 53.4 Å². The minimum Gasteiger partial charge on any atom is -0.386 e. The van der Waals surface area contributed by atoms with Gasteiger partial charge in [-0.25, -0.2) is 8.78 Å². The number of aliphatic hydroxyl groups is 1. The summed E-state index contributed by atoms with van der Waals surface area (Å²) in [4.78, 5) is 18.1. The van der Waals surface area contributed by atoms with Gasteiger partial charge in [-0.05, 0) is 66.4 Å². The molecule has 1 aliphatic heterocycles. The molecule has 33 heavy (non-hydrogen) atoms. The molecule has 0 saturated carbocycles. The Balaban J connectivity index is 1.69. The smallest absolute Gasteiger partial charge is 0.256 e. The Morgan fingerprint density at radius 3 is 2.52 bits per heavy atom. The van der Waals surface area contributed by atoms with Gasteiger partial charge in [-0.3, -0.25) is 9.78 Å². The van der Waals surface area contributed by atoms with Crippen molar-refractivity contribution in [2.24, 2.45) is 0 Å². The number of benzene rings is 2. The second-order valence-electron chi connectivity index (χ2n) is 8.53. The van der Waals surface area contributed by atoms with E-state index in [1.54, 1.807) is 68.6 Å². The molecule has 0 unspecified atom stereocenters. The van der Waals surface area contributed by atoms with E-state index >= 15 is 8.78 Å². The third kappa shape index (κ3) is 4.47. The van der Waals surface area contributed by atoms with Gasteiger partial charge in [0, 0.05) is 11.8 Å². The molecule has 6 heteroatoms. The highest BCUT2D eigenvalue weighted by Crippen LogP contribution is 2.33. The van der Waals surface area contributed by atoms with E-state index in [0.717, 1.165) is 0 Å². The molecule has 4 nitrogen and oxygen atoms in total. The van der Waals surface area contributed by atoms with Crippen LogP contribution in [-0.4, -0.2) is 20.9 Å². The Morgan fingerprint density at radius 2 is 1.88 bits per heavy atom. The number of carbonyl (C=O) groups is 1. The van der Waals surface area contributed by atoms with E-state index in [4.69, 9.17) is 0 Å². The molecule has 1 aromatic heterocycles. The fourth-order valence-corrected chi connectivity index (χ4v) is 3.93. The maximum atomic E-state index is 15.1. The van der Waals surface area contributed by atoms with Crippen molar-refractivity contribution in [1.82, 2.24) is 9.88 Å². The minimum absolute atomic E-state index is 0.170. The number of hydrogen-bond donors (Lipinski definition) is 1. The first-order valence-corrected chi connectivity index (χ1v) is 10.6. The van der Waals surface area contributed by atoms with Crippen LogP contribution >= 0.6 is 0 Å². The quantitative estimate of drug-likeness (QED) is 0.501. The summed E-state index contributed by atoms with van der Waals surface area (Å²) in [6, 6.07) is 11.1. The summed E-state index contributed by atoms with van der Waals surface area (Å²) in [6.45, 7) is 7.04. The number of nitrogens with zero attached hydrogens (tertiary/aromatic N) is 2. The van der Waals surface area contributed by atoms with Crippen molar-refractivity contribution in [1.29, 1.82) is 0 Å². The third-order valence-corrected chi connectivity index (χ3v) is 5.72. The zero-order chi connectivity index (χ0) is 23.8. The lowest BCUT2D eigenvalue weighted by Crippen LogP contribution is -2.24. The Bertz CT molecular complexity index is 1250. The number of pyridine rings is 1. The largest absolute Gasteiger partial charge is 0.386 e. The van der Waals surface area contributed by atoms with Crippen molar-refractivity contribution < 1.29 is 18.7 Å². The summed E-state index contributed by atoms with van der Waals surface area (Å²) in [5.41, 5.74) is 2.16. The van der Waals surface area contributed by atoms with Crippen molar-refractivity contribution in [3.8, 4) is 11.1 Å². The van der Waals surface area contributed by atoms with Crippen LogP contribution in [-0.2, 0) is 18.7 Å². The average Bonchev–Trinajstić information content (AvgIpc) is 3.09. The predicted octanol–water partition coefficient (Wildman–Crippen LogP) is 5.61. The van der Waals surface area contributed by atoms with E-state index in [1.165, 1.54) is 17.0 Å². The molecular formula is C27H24F2N2O2. The van der Waals surface area contributed by atoms with Crippen LogP contribution in [0.25, 0.3) is 17.2 Å². The van der Waals surface area contributed by atoms with Crippen LogP contribution in [0.15, 0.2) is 67.4 Å². The lowest BCUT2D eigenvalue weighted by molar-refractivity contribution is 0.0761. The van der Waals surface area contributed by atoms with Crippen LogP contribution in [0.5, 0.6) is 0 Å². The van der Waals surface area contributed by atoms with Crippen molar-refractivity contribution in [2.75, 3.05) is 0 Å². The highest BCUT2D eigenvalue weighted by atomic mass is 19.1. The number of allylic oxidation sites excluding steroid dienone is 2. The minimum atomic E-state index is -1.07. The van der Waals surface area contributed by atoms with Crippen LogP contribution in [0.2, 0.25) is 0 Å². The molecule has 2 aromatic carbocycles. The van der Waals surface area contributed by atoms with Crippen LogP contribution in [0.4, 0.5) is 8.78 Å². The summed E-state index contributed by atoms with van der Waals surface area (Å²) in [6.07, 6.45) is 6.69. The third-order valence-electron chi connectivity index (χ3n) is 5.72. The van der Waals surface area contributed by atoms with Crippen LogP contribution in [0, 0.1) is 11.6 Å². The lowest BCUT2D eigenvalue weighted by atomic mass is 9.91. The number of fused-ring (bicyclic) bond motifs is 1. The van der Waals surface area contributed by atoms with E-state index in [2.05, 4.69) is 11.6 Å². The van der Waals surface area contributed by atoms with E-state index in [-0.39, 0.29) is 24.6 Å². The van der Waals surface area contributed by atoms with Gasteiger partial charge >= 0.3 is 0 Å². The maximum Gasteiger partial charge on any atom is 0.256 e. The van der Waals surface area contributed by atoms with Gasteiger partial charge in [0.1, 0.15) is 11.6 Å². The van der Waals surface area contributed by atoms with Crippen molar-refractivity contribution >= 4 is 12.0 Å². The van der Waals surface area contributed by atoms with Gasteiger partial charge in [0.05, 0.1) is 29.9 Å². The van der Waals surface area contributed by atoms with Gasteiger partial charge in [0.2, 0.25) is 0 Å². The monoisotopic (exact) mass is 446 g/mol. The summed E-state index contributed by atoms with van der Waals surface area (Å²) >= 11 is 0. The van der Waals surface area contributed by atoms with Crippen LogP contribution in [0.3, 0.4) is 0 Å². The van der Waals surface area contributed by atoms with Crippen LogP contribution in [0.1, 0.15) is 46.6 Å². The number of carbonyl (C=O) groups excluding carboxylic acids is 1. The molecule has 1 aliphatic rings. The SMILES string of the molecule is C=C/C=C\c1cc(C(C)(C)O)ccc1-c1cc(F)c(CN2Cc3ncccc3C2=O)c(F)c1. The van der Waals surface area contributed by atoms with Crippen molar-refractivity contribution in [3.63, 3.8) is 0 Å². The molecule has 0 radical (unpaired) electrons. The van der Waals surface area contributed by atoms with Gasteiger partial charge < -0.3 is 10.0 Å². The van der Waals surface area contributed by atoms with Gasteiger partial charge in [0.15, 0.2) is 0 Å². The first kappa shape index (κ1) is 22.6. The number of halogens is 2. The second kappa shape index (κ2) is 8.71. The molecule has 168 valence electrons. The number of aromatic nitrogens is 1. The van der Waals surface area contributed by atoms with Gasteiger partial charge in [-0.15, -0.1) is 0 Å². The van der Waals surface area contributed by atoms with Crippen molar-refractivity contribution in [2.45, 2.75) is 32.5 Å². The molecule has 3 aromatic rings. The van der Waals surface area contributed by atoms with E-state index in [1.807, 2.05) is 0 Å². The fraction of sp³-hybridized carbons (Fsp3) is 0.185. The second-order valence-corrected chi connectivity index (χ2v) is 8.53. The lowest BCUT2D eigenvalue weighted by Gasteiger charge is -2.20. The molecule has 0 aliphatic carbocycles. The zero-order valence-corrected chi connectivity index (χ0v) is 18.5. The summed E-state index contributed by atoms with van der Waals surface area (Å²) in [7, 11) is 0. The molecule has 0 atom stereocenters. The summed E-state index contributed by atoms with van der Waals surface area (Å²) in [5, 5.41) is 10.3. The van der Waals surface area contributed by atoms with E-state index in [9.17, 15) is 9.90 Å². The van der Waals surface area contributed by atoms with Gasteiger partial charge in [-0.2, -0.15) is 0 Å². The van der Waals surface area contributed by atoms with Gasteiger partial charge in [-0.1, -0.05) is 36.9 Å². The molecule has 0 spiro atoms. The fourth-order valence-electron chi connectivity index (χ4n) is 3.93. The molecule has 4 rings (SSSR count). The predicted molar refractivity (Wildman–Crippen MR) is 124 cm³/mol. The normalized spacial score (nSPS) is 13.6. The molecule has 1 N–H and O–H groups in total. The summed E-state index contributed by atoms with van der Waals surface area (Å²) < 4.78 is 30.2. The highest BCUT2D eigenvalue weighted by molar-refractivity contribution is 5.97. The standard InChI is InChI=1S/C27H24F2N2O2/c1-4-5-7-17-12-19(27(2,3)33)9-10-20(17)18-13-23(28)22(24(29)14-18)15-31-16-25-21(26(31)32)8-6-11-30-25/h4-14,33H,1,15-16H2,2-3H3/b7-5-. The Labute approximate surface area is 191 Å². The van der Waals surface area contributed by atoms with Crippen molar-refractivity contribution in [3.05, 3.63) is 107 Å². The first-order valence-electron chi connectivity index (χ1n) is 10.6. The molecule has 2 heterocycles. The highest BCUT2D eigenvalue weighted by Gasteiger charge is 2.29. The Hall–Kier alpha value is -3.64. The molecule has 0 saturated heterocycles. The van der Waals surface area contributed by atoms with E-state index < -0.39 is 17.2 Å². The van der Waals surface area contributed by atoms with E-state index in [0.29, 0.717) is 33.5 Å². The summed E-state index contributed by atoms with van der Waals surface area (Å²) in [5.74, 6) is -1.75. The number of amides is 1. The molecular weight excluding hydrogens is 422 g/mol. The zero-order valence-electron chi connectivity index (χ0n) is 18.5. The number of hydrogen-bond acceptors (Lipinski definition) is 3. The molecule has 0 bridgehead atoms. The maximum absolute atomic E-state index is 15.1. The number of rotatable bonds is 6. The molecule has 0 fully saturated rings.